The van der Waals surface area contributed by atoms with Crippen LogP contribution in [0, 0.1) is 6.92 Å². The second-order valence-corrected chi connectivity index (χ2v) is 3.59. The summed E-state index contributed by atoms with van der Waals surface area (Å²) < 4.78 is 5.86. The Morgan fingerprint density at radius 1 is 1.71 bits per heavy atom. The highest BCUT2D eigenvalue weighted by Crippen LogP contribution is 2.29. The van der Waals surface area contributed by atoms with Crippen molar-refractivity contribution >= 4 is 21.7 Å². The molecule has 0 aliphatic carbocycles. The van der Waals surface area contributed by atoms with Crippen molar-refractivity contribution in [3.8, 4) is 5.75 Å². The predicted octanol–water partition coefficient (Wildman–Crippen LogP) is 1.30. The lowest BCUT2D eigenvalue weighted by Crippen LogP contribution is -2.16. The Morgan fingerprint density at radius 2 is 2.36 bits per heavy atom. The monoisotopic (exact) mass is 258 g/mol. The molecule has 0 radical (unpaired) electrons. The summed E-state index contributed by atoms with van der Waals surface area (Å²) >= 11 is 3.28. The first-order valence-corrected chi connectivity index (χ1v) is 4.83. The fraction of sp³-hybridized carbons (Fsp3) is 0.333. The van der Waals surface area contributed by atoms with E-state index in [0.29, 0.717) is 17.0 Å². The third kappa shape index (κ3) is 1.93. The van der Waals surface area contributed by atoms with Crippen LogP contribution in [0.4, 0.5) is 0 Å². The van der Waals surface area contributed by atoms with Crippen molar-refractivity contribution in [2.24, 2.45) is 5.73 Å². The van der Waals surface area contributed by atoms with Gasteiger partial charge < -0.3 is 10.5 Å². The summed E-state index contributed by atoms with van der Waals surface area (Å²) in [6, 6.07) is 0. The van der Waals surface area contributed by atoms with Crippen LogP contribution in [0.1, 0.15) is 16.1 Å². The van der Waals surface area contributed by atoms with Gasteiger partial charge in [0.05, 0.1) is 18.1 Å². The number of nitrogens with two attached hydrogens (primary N) is 1. The number of Topliss-reactive ketones (excluding diaryl/α,β-unsaturated/α-hetero) is 1. The molecule has 14 heavy (non-hydrogen) atoms. The third-order valence-corrected chi connectivity index (χ3v) is 2.44. The molecule has 0 atom stereocenters. The van der Waals surface area contributed by atoms with Crippen molar-refractivity contribution < 1.29 is 9.53 Å². The van der Waals surface area contributed by atoms with E-state index < -0.39 is 0 Å². The maximum atomic E-state index is 11.4. The van der Waals surface area contributed by atoms with E-state index in [2.05, 4.69) is 20.9 Å². The zero-order chi connectivity index (χ0) is 10.7. The zero-order valence-electron chi connectivity index (χ0n) is 8.00. The van der Waals surface area contributed by atoms with E-state index in [4.69, 9.17) is 10.5 Å². The van der Waals surface area contributed by atoms with Gasteiger partial charge >= 0.3 is 0 Å². The van der Waals surface area contributed by atoms with Gasteiger partial charge in [-0.15, -0.1) is 0 Å². The summed E-state index contributed by atoms with van der Waals surface area (Å²) in [6.45, 7) is 1.73. The Labute approximate surface area is 90.6 Å². The number of carbonyl (C=O) groups is 1. The van der Waals surface area contributed by atoms with Crippen LogP contribution in [-0.2, 0) is 0 Å². The molecule has 2 N–H and O–H groups in total. The summed E-state index contributed by atoms with van der Waals surface area (Å²) in [5.74, 6) is 0.435. The molecule has 0 aliphatic rings. The normalized spacial score (nSPS) is 10.0. The summed E-state index contributed by atoms with van der Waals surface area (Å²) in [5.41, 5.74) is 6.33. The van der Waals surface area contributed by atoms with Gasteiger partial charge in [-0.2, -0.15) is 0 Å². The highest BCUT2D eigenvalue weighted by molar-refractivity contribution is 9.10. The second-order valence-electron chi connectivity index (χ2n) is 2.74. The molecule has 0 unspecified atom stereocenters. The molecule has 0 spiro atoms. The van der Waals surface area contributed by atoms with E-state index in [0.717, 1.165) is 4.47 Å². The average Bonchev–Trinajstić information content (AvgIpc) is 2.18. The van der Waals surface area contributed by atoms with Gasteiger partial charge in [-0.3, -0.25) is 9.78 Å². The van der Waals surface area contributed by atoms with Crippen molar-refractivity contribution in [3.05, 3.63) is 21.9 Å². The molecule has 0 saturated heterocycles. The molecule has 0 aromatic carbocycles. The molecule has 0 saturated carbocycles. The van der Waals surface area contributed by atoms with Crippen molar-refractivity contribution in [2.45, 2.75) is 6.92 Å². The third-order valence-electron chi connectivity index (χ3n) is 1.87. The molecule has 1 rings (SSSR count). The Morgan fingerprint density at radius 3 is 2.86 bits per heavy atom. The number of rotatable bonds is 3. The van der Waals surface area contributed by atoms with Gasteiger partial charge in [0.1, 0.15) is 11.4 Å². The summed E-state index contributed by atoms with van der Waals surface area (Å²) in [4.78, 5) is 15.4. The van der Waals surface area contributed by atoms with Crippen LogP contribution in [0.2, 0.25) is 0 Å². The minimum Gasteiger partial charge on any atom is -0.495 e. The minimum absolute atomic E-state index is 0.0430. The molecule has 76 valence electrons. The van der Waals surface area contributed by atoms with Gasteiger partial charge in [-0.25, -0.2) is 0 Å². The molecule has 5 heteroatoms. The number of hydrogen-bond acceptors (Lipinski definition) is 4. The van der Waals surface area contributed by atoms with E-state index >= 15 is 0 Å². The summed E-state index contributed by atoms with van der Waals surface area (Å²) in [6.07, 6.45) is 1.54. The number of aromatic nitrogens is 1. The van der Waals surface area contributed by atoms with E-state index in [1.165, 1.54) is 6.20 Å². The molecule has 0 fully saturated rings. The van der Waals surface area contributed by atoms with Crippen molar-refractivity contribution in [1.82, 2.24) is 4.98 Å². The average molecular weight is 259 g/mol. The molecule has 0 aliphatic heterocycles. The quantitative estimate of drug-likeness (QED) is 0.831. The first-order valence-electron chi connectivity index (χ1n) is 4.04. The van der Waals surface area contributed by atoms with E-state index in [1.807, 2.05) is 0 Å². The Balaban J connectivity index is 3.28. The lowest BCUT2D eigenvalue weighted by Gasteiger charge is -2.09. The highest BCUT2D eigenvalue weighted by atomic mass is 79.9. The minimum atomic E-state index is -0.187. The number of hydrogen-bond donors (Lipinski definition) is 1. The van der Waals surface area contributed by atoms with Gasteiger partial charge in [0.25, 0.3) is 0 Å². The van der Waals surface area contributed by atoms with Crippen LogP contribution in [0.25, 0.3) is 0 Å². The fourth-order valence-corrected chi connectivity index (χ4v) is 1.75. The number of methoxy groups -OCH3 is 1. The number of ether oxygens (including phenoxy) is 1. The zero-order valence-corrected chi connectivity index (χ0v) is 9.59. The van der Waals surface area contributed by atoms with Gasteiger partial charge in [0.2, 0.25) is 0 Å². The van der Waals surface area contributed by atoms with Crippen molar-refractivity contribution in [1.29, 1.82) is 0 Å². The fourth-order valence-electron chi connectivity index (χ4n) is 1.19. The largest absolute Gasteiger partial charge is 0.495 e. The van der Waals surface area contributed by atoms with Gasteiger partial charge in [0, 0.05) is 11.8 Å². The van der Waals surface area contributed by atoms with E-state index in [1.54, 1.807) is 14.0 Å². The van der Waals surface area contributed by atoms with E-state index in [-0.39, 0.29) is 12.3 Å². The SMILES string of the molecule is COc1c(Br)cnc(C(=O)CN)c1C. The number of nitrogens with zero attached hydrogens (tertiary/aromatic N) is 1. The molecule has 0 amide bonds. The first kappa shape index (κ1) is 11.1. The number of carbonyl (C=O) groups excluding carboxylic acids is 1. The topological polar surface area (TPSA) is 65.2 Å². The summed E-state index contributed by atoms with van der Waals surface area (Å²) in [7, 11) is 1.55. The van der Waals surface area contributed by atoms with Crippen LogP contribution in [0.5, 0.6) is 5.75 Å². The van der Waals surface area contributed by atoms with Crippen LogP contribution in [-0.4, -0.2) is 24.4 Å². The van der Waals surface area contributed by atoms with Gasteiger partial charge in [-0.05, 0) is 22.9 Å². The maximum Gasteiger partial charge on any atom is 0.195 e. The van der Waals surface area contributed by atoms with Crippen molar-refractivity contribution in [3.63, 3.8) is 0 Å². The van der Waals surface area contributed by atoms with Crippen LogP contribution in [0.3, 0.4) is 0 Å². The molecule has 1 heterocycles. The standard InChI is InChI=1S/C9H11BrN2O2/c1-5-8(7(13)3-11)12-4-6(10)9(5)14-2/h4H,3,11H2,1-2H3. The smallest absolute Gasteiger partial charge is 0.195 e. The number of ketones is 1. The second kappa shape index (κ2) is 4.52. The lowest BCUT2D eigenvalue weighted by atomic mass is 10.1. The Kier molecular flexibility index (Phi) is 3.60. The Bertz CT molecular complexity index is 366. The van der Waals surface area contributed by atoms with Crippen LogP contribution < -0.4 is 10.5 Å². The predicted molar refractivity (Wildman–Crippen MR) is 56.6 cm³/mol. The Hall–Kier alpha value is -0.940. The van der Waals surface area contributed by atoms with Gasteiger partial charge in [-0.1, -0.05) is 0 Å². The molecule has 0 bridgehead atoms. The van der Waals surface area contributed by atoms with E-state index in [9.17, 15) is 4.79 Å². The maximum absolute atomic E-state index is 11.4. The number of halogens is 1. The summed E-state index contributed by atoms with van der Waals surface area (Å²) in [5, 5.41) is 0. The lowest BCUT2D eigenvalue weighted by molar-refractivity contribution is 0.0995. The van der Waals surface area contributed by atoms with Gasteiger partial charge in [0.15, 0.2) is 5.78 Å². The first-order chi connectivity index (χ1) is 6.61. The molecular formula is C9H11BrN2O2. The van der Waals surface area contributed by atoms with Crippen molar-refractivity contribution in [2.75, 3.05) is 13.7 Å². The molecular weight excluding hydrogens is 248 g/mol. The number of pyridine rings is 1. The molecule has 4 nitrogen and oxygen atoms in total. The molecule has 1 aromatic heterocycles. The van der Waals surface area contributed by atoms with Crippen LogP contribution >= 0.6 is 15.9 Å². The highest BCUT2D eigenvalue weighted by Gasteiger charge is 2.14. The molecule has 1 aromatic rings. The van der Waals surface area contributed by atoms with Crippen LogP contribution in [0.15, 0.2) is 10.7 Å².